The minimum absolute atomic E-state index is 0.172. The van der Waals surface area contributed by atoms with E-state index in [0.717, 1.165) is 30.7 Å². The average Bonchev–Trinajstić information content (AvgIpc) is 2.78. The summed E-state index contributed by atoms with van der Waals surface area (Å²) in [5, 5.41) is 0. The normalized spacial score (nSPS) is 14.9. The molecule has 2 aromatic rings. The third-order valence-electron chi connectivity index (χ3n) is 3.93. The summed E-state index contributed by atoms with van der Waals surface area (Å²) in [6.07, 6.45) is 2.02. The zero-order valence-electron chi connectivity index (χ0n) is 13.0. The minimum Gasteiger partial charge on any atom is -0.326 e. The lowest BCUT2D eigenvalue weighted by Crippen LogP contribution is -2.29. The van der Waals surface area contributed by atoms with E-state index in [2.05, 4.69) is 55.6 Å². The first-order chi connectivity index (χ1) is 9.58. The van der Waals surface area contributed by atoms with Crippen molar-refractivity contribution in [2.24, 2.45) is 5.73 Å². The first-order valence-electron chi connectivity index (χ1n) is 7.45. The predicted molar refractivity (Wildman–Crippen MR) is 84.7 cm³/mol. The highest BCUT2D eigenvalue weighted by Gasteiger charge is 2.21. The summed E-state index contributed by atoms with van der Waals surface area (Å²) < 4.78 is 2.30. The maximum atomic E-state index is 6.18. The number of nitrogens with two attached hydrogens (primary N) is 1. The molecular weight excluding hydrogens is 248 g/mol. The Hall–Kier alpha value is -1.39. The SMILES string of the molecule is CCC(N)Cn1c(C(CC)N(C)C)nc2ccccc21. The Balaban J connectivity index is 2.54. The van der Waals surface area contributed by atoms with Gasteiger partial charge < -0.3 is 10.3 Å². The van der Waals surface area contributed by atoms with Crippen LogP contribution in [0.3, 0.4) is 0 Å². The van der Waals surface area contributed by atoms with Crippen molar-refractivity contribution in [1.29, 1.82) is 0 Å². The average molecular weight is 274 g/mol. The van der Waals surface area contributed by atoms with E-state index in [1.165, 1.54) is 5.52 Å². The molecule has 0 fully saturated rings. The molecule has 2 unspecified atom stereocenters. The Morgan fingerprint density at radius 3 is 2.50 bits per heavy atom. The highest BCUT2D eigenvalue weighted by molar-refractivity contribution is 5.76. The second kappa shape index (κ2) is 6.37. The maximum absolute atomic E-state index is 6.18. The van der Waals surface area contributed by atoms with E-state index in [1.54, 1.807) is 0 Å². The predicted octanol–water partition coefficient (Wildman–Crippen LogP) is 2.79. The molecule has 0 aliphatic rings. The molecule has 1 aromatic heterocycles. The number of rotatable bonds is 6. The number of benzene rings is 1. The topological polar surface area (TPSA) is 47.1 Å². The van der Waals surface area contributed by atoms with Crippen molar-refractivity contribution >= 4 is 11.0 Å². The summed E-state index contributed by atoms with van der Waals surface area (Å²) in [5.41, 5.74) is 8.43. The van der Waals surface area contributed by atoms with Gasteiger partial charge in [-0.1, -0.05) is 26.0 Å². The van der Waals surface area contributed by atoms with Gasteiger partial charge in [0.05, 0.1) is 17.1 Å². The zero-order chi connectivity index (χ0) is 14.7. The Morgan fingerprint density at radius 1 is 1.20 bits per heavy atom. The van der Waals surface area contributed by atoms with Crippen molar-refractivity contribution in [1.82, 2.24) is 14.5 Å². The maximum Gasteiger partial charge on any atom is 0.127 e. The van der Waals surface area contributed by atoms with E-state index in [9.17, 15) is 0 Å². The molecule has 0 aliphatic carbocycles. The summed E-state index contributed by atoms with van der Waals surface area (Å²) in [6, 6.07) is 8.82. The molecule has 0 saturated heterocycles. The summed E-state index contributed by atoms with van der Waals surface area (Å²) in [7, 11) is 4.22. The summed E-state index contributed by atoms with van der Waals surface area (Å²) in [6.45, 7) is 5.16. The van der Waals surface area contributed by atoms with Gasteiger partial charge in [-0.15, -0.1) is 0 Å². The molecule has 4 nitrogen and oxygen atoms in total. The summed E-state index contributed by atoms with van der Waals surface area (Å²) in [4.78, 5) is 7.09. The quantitative estimate of drug-likeness (QED) is 0.881. The van der Waals surface area contributed by atoms with E-state index in [4.69, 9.17) is 10.7 Å². The van der Waals surface area contributed by atoms with Crippen molar-refractivity contribution < 1.29 is 0 Å². The van der Waals surface area contributed by atoms with E-state index < -0.39 is 0 Å². The number of hydrogen-bond acceptors (Lipinski definition) is 3. The number of hydrogen-bond donors (Lipinski definition) is 1. The first kappa shape index (κ1) is 15.0. The molecule has 2 N–H and O–H groups in total. The molecule has 4 heteroatoms. The molecule has 2 atom stereocenters. The Bertz CT molecular complexity index is 559. The first-order valence-corrected chi connectivity index (χ1v) is 7.45. The van der Waals surface area contributed by atoms with Gasteiger partial charge in [0.25, 0.3) is 0 Å². The number of para-hydroxylation sites is 2. The van der Waals surface area contributed by atoms with Crippen LogP contribution in [-0.2, 0) is 6.54 Å². The molecule has 0 bridgehead atoms. The van der Waals surface area contributed by atoms with Crippen LogP contribution in [0.5, 0.6) is 0 Å². The van der Waals surface area contributed by atoms with Gasteiger partial charge in [-0.05, 0) is 39.1 Å². The van der Waals surface area contributed by atoms with Crippen molar-refractivity contribution in [2.75, 3.05) is 14.1 Å². The van der Waals surface area contributed by atoms with Crippen LogP contribution in [0.2, 0.25) is 0 Å². The Morgan fingerprint density at radius 2 is 1.90 bits per heavy atom. The van der Waals surface area contributed by atoms with Gasteiger partial charge in [-0.3, -0.25) is 4.90 Å². The molecule has 1 heterocycles. The van der Waals surface area contributed by atoms with Crippen molar-refractivity contribution in [3.05, 3.63) is 30.1 Å². The largest absolute Gasteiger partial charge is 0.326 e. The fourth-order valence-electron chi connectivity index (χ4n) is 2.68. The zero-order valence-corrected chi connectivity index (χ0v) is 13.0. The lowest BCUT2D eigenvalue weighted by atomic mass is 10.1. The van der Waals surface area contributed by atoms with E-state index >= 15 is 0 Å². The van der Waals surface area contributed by atoms with E-state index in [-0.39, 0.29) is 6.04 Å². The van der Waals surface area contributed by atoms with Crippen molar-refractivity contribution in [2.45, 2.75) is 45.3 Å². The molecule has 20 heavy (non-hydrogen) atoms. The van der Waals surface area contributed by atoms with Crippen LogP contribution >= 0.6 is 0 Å². The summed E-state index contributed by atoms with van der Waals surface area (Å²) >= 11 is 0. The third kappa shape index (κ3) is 2.86. The number of nitrogens with zero attached hydrogens (tertiary/aromatic N) is 3. The van der Waals surface area contributed by atoms with Crippen LogP contribution in [0.4, 0.5) is 0 Å². The summed E-state index contributed by atoms with van der Waals surface area (Å²) in [5.74, 6) is 1.13. The Kier molecular flexibility index (Phi) is 4.78. The van der Waals surface area contributed by atoms with Crippen LogP contribution < -0.4 is 5.73 Å². The molecule has 0 aliphatic heterocycles. The standard InChI is InChI=1S/C16H26N4/c1-5-12(17)11-20-15-10-8-7-9-13(15)18-16(20)14(6-2)19(3)4/h7-10,12,14H,5-6,11,17H2,1-4H3. The van der Waals surface area contributed by atoms with Gasteiger partial charge in [-0.25, -0.2) is 4.98 Å². The molecule has 0 saturated carbocycles. The number of fused-ring (bicyclic) bond motifs is 1. The van der Waals surface area contributed by atoms with Crippen molar-refractivity contribution in [3.63, 3.8) is 0 Å². The van der Waals surface area contributed by atoms with Gasteiger partial charge in [0.15, 0.2) is 0 Å². The van der Waals surface area contributed by atoms with Gasteiger partial charge in [0, 0.05) is 12.6 Å². The second-order valence-corrected chi connectivity index (χ2v) is 5.63. The molecule has 110 valence electrons. The number of imidazole rings is 1. The monoisotopic (exact) mass is 274 g/mol. The lowest BCUT2D eigenvalue weighted by molar-refractivity contribution is 0.271. The molecule has 1 aromatic carbocycles. The van der Waals surface area contributed by atoms with E-state index in [0.29, 0.717) is 6.04 Å². The molecule has 0 amide bonds. The van der Waals surface area contributed by atoms with Gasteiger partial charge in [0.1, 0.15) is 5.82 Å². The van der Waals surface area contributed by atoms with Crippen LogP contribution in [0.1, 0.15) is 38.6 Å². The highest BCUT2D eigenvalue weighted by Crippen LogP contribution is 2.26. The highest BCUT2D eigenvalue weighted by atomic mass is 15.2. The fraction of sp³-hybridized carbons (Fsp3) is 0.562. The Labute approximate surface area is 121 Å². The lowest BCUT2D eigenvalue weighted by Gasteiger charge is -2.24. The van der Waals surface area contributed by atoms with Crippen LogP contribution in [0, 0.1) is 0 Å². The van der Waals surface area contributed by atoms with Crippen LogP contribution in [-0.4, -0.2) is 34.6 Å². The molecular formula is C16H26N4. The molecule has 0 radical (unpaired) electrons. The molecule has 2 rings (SSSR count). The minimum atomic E-state index is 0.172. The van der Waals surface area contributed by atoms with Gasteiger partial charge in [-0.2, -0.15) is 0 Å². The number of aromatic nitrogens is 2. The van der Waals surface area contributed by atoms with Gasteiger partial charge in [0.2, 0.25) is 0 Å². The smallest absolute Gasteiger partial charge is 0.127 e. The van der Waals surface area contributed by atoms with E-state index in [1.807, 2.05) is 6.07 Å². The fourth-order valence-corrected chi connectivity index (χ4v) is 2.68. The molecule has 0 spiro atoms. The van der Waals surface area contributed by atoms with Crippen LogP contribution in [0.15, 0.2) is 24.3 Å². The van der Waals surface area contributed by atoms with Crippen molar-refractivity contribution in [3.8, 4) is 0 Å². The second-order valence-electron chi connectivity index (χ2n) is 5.63. The third-order valence-corrected chi connectivity index (χ3v) is 3.93. The van der Waals surface area contributed by atoms with Crippen LogP contribution in [0.25, 0.3) is 11.0 Å². The van der Waals surface area contributed by atoms with Gasteiger partial charge >= 0.3 is 0 Å².